The van der Waals surface area contributed by atoms with Crippen molar-refractivity contribution in [3.63, 3.8) is 0 Å². The van der Waals surface area contributed by atoms with Crippen LogP contribution in [0.4, 0.5) is 4.79 Å². The molecular weight excluding hydrogens is 482 g/mol. The Bertz CT molecular complexity index is 1110. The van der Waals surface area contributed by atoms with Gasteiger partial charge >= 0.3 is 6.09 Å². The molecule has 3 N–H and O–H groups in total. The molecule has 0 aromatic heterocycles. The van der Waals surface area contributed by atoms with Crippen LogP contribution in [0.25, 0.3) is 0 Å². The van der Waals surface area contributed by atoms with Crippen LogP contribution in [-0.2, 0) is 20.7 Å². The van der Waals surface area contributed by atoms with E-state index in [-0.39, 0.29) is 12.2 Å². The number of phenols is 1. The molecule has 0 spiro atoms. The summed E-state index contributed by atoms with van der Waals surface area (Å²) in [6.07, 6.45) is -0.534. The number of carbonyl (C=O) groups excluding carboxylic acids is 3. The minimum Gasteiger partial charge on any atom is -0.508 e. The molecule has 2 aromatic carbocycles. The molecule has 8 nitrogen and oxygen atoms in total. The van der Waals surface area contributed by atoms with E-state index in [1.54, 1.807) is 32.9 Å². The summed E-state index contributed by atoms with van der Waals surface area (Å²) in [7, 11) is 0. The molecule has 38 heavy (non-hydrogen) atoms. The summed E-state index contributed by atoms with van der Waals surface area (Å²) in [5.41, 5.74) is -0.885. The van der Waals surface area contributed by atoms with Crippen LogP contribution in [0.5, 0.6) is 5.75 Å². The van der Waals surface area contributed by atoms with Gasteiger partial charge in [-0.25, -0.2) is 4.79 Å². The number of aromatic hydroxyl groups is 1. The van der Waals surface area contributed by atoms with Crippen molar-refractivity contribution in [2.75, 3.05) is 0 Å². The van der Waals surface area contributed by atoms with Crippen molar-refractivity contribution >= 4 is 17.9 Å². The zero-order chi connectivity index (χ0) is 28.9. The van der Waals surface area contributed by atoms with E-state index < -0.39 is 46.7 Å². The SMILES string of the molecule is CC(C)(C)NC(=O)C(c1cccc(O)c1)N(C(=O)C(Cc1ccccc1)NC(=O)OC(C)(C)C)C(C)(C)C. The Morgan fingerprint density at radius 3 is 2.00 bits per heavy atom. The van der Waals surface area contributed by atoms with E-state index in [0.29, 0.717) is 5.56 Å². The van der Waals surface area contributed by atoms with E-state index >= 15 is 0 Å². The number of alkyl carbamates (subject to hydrolysis) is 1. The minimum absolute atomic E-state index is 0.0231. The zero-order valence-electron chi connectivity index (χ0n) is 24.1. The zero-order valence-corrected chi connectivity index (χ0v) is 24.1. The second kappa shape index (κ2) is 11.9. The van der Waals surface area contributed by atoms with Gasteiger partial charge in [-0.15, -0.1) is 0 Å². The number of ether oxygens (including phenoxy) is 1. The number of carbonyl (C=O) groups is 3. The Balaban J connectivity index is 2.62. The smallest absolute Gasteiger partial charge is 0.408 e. The fourth-order valence-corrected chi connectivity index (χ4v) is 4.06. The number of rotatable bonds is 7. The molecule has 0 saturated carbocycles. The number of nitrogens with zero attached hydrogens (tertiary/aromatic N) is 1. The van der Waals surface area contributed by atoms with Gasteiger partial charge in [0.2, 0.25) is 11.8 Å². The quantitative estimate of drug-likeness (QED) is 0.466. The molecule has 208 valence electrons. The molecule has 0 bridgehead atoms. The summed E-state index contributed by atoms with van der Waals surface area (Å²) in [5.74, 6) is -0.878. The van der Waals surface area contributed by atoms with Crippen molar-refractivity contribution < 1.29 is 24.2 Å². The van der Waals surface area contributed by atoms with E-state index in [1.807, 2.05) is 71.9 Å². The van der Waals surface area contributed by atoms with Crippen molar-refractivity contribution in [2.45, 2.75) is 97.5 Å². The third-order valence-electron chi connectivity index (χ3n) is 5.42. The summed E-state index contributed by atoms with van der Waals surface area (Å²) < 4.78 is 5.46. The van der Waals surface area contributed by atoms with Crippen LogP contribution in [0.1, 0.15) is 79.5 Å². The number of amides is 3. The van der Waals surface area contributed by atoms with Gasteiger partial charge in [-0.3, -0.25) is 9.59 Å². The molecule has 0 fully saturated rings. The third kappa shape index (κ3) is 9.39. The molecule has 0 heterocycles. The van der Waals surface area contributed by atoms with Crippen molar-refractivity contribution in [1.82, 2.24) is 15.5 Å². The van der Waals surface area contributed by atoms with Gasteiger partial charge in [0.1, 0.15) is 23.4 Å². The van der Waals surface area contributed by atoms with Gasteiger partial charge in [-0.05, 0) is 85.6 Å². The number of phenolic OH excluding ortho intramolecular Hbond substituents is 1. The highest BCUT2D eigenvalue weighted by Gasteiger charge is 2.42. The molecule has 2 rings (SSSR count). The van der Waals surface area contributed by atoms with Crippen LogP contribution in [0.3, 0.4) is 0 Å². The highest BCUT2D eigenvalue weighted by Crippen LogP contribution is 2.32. The average Bonchev–Trinajstić information content (AvgIpc) is 2.73. The maximum atomic E-state index is 14.4. The summed E-state index contributed by atoms with van der Waals surface area (Å²) in [4.78, 5) is 42.4. The maximum Gasteiger partial charge on any atom is 0.408 e. The molecule has 2 unspecified atom stereocenters. The van der Waals surface area contributed by atoms with Gasteiger partial charge in [-0.1, -0.05) is 42.5 Å². The largest absolute Gasteiger partial charge is 0.508 e. The lowest BCUT2D eigenvalue weighted by atomic mass is 9.93. The van der Waals surface area contributed by atoms with Crippen LogP contribution >= 0.6 is 0 Å². The Morgan fingerprint density at radius 1 is 0.895 bits per heavy atom. The van der Waals surface area contributed by atoms with Gasteiger partial charge < -0.3 is 25.4 Å². The second-order valence-corrected chi connectivity index (χ2v) is 12.5. The topological polar surface area (TPSA) is 108 Å². The number of hydrogen-bond donors (Lipinski definition) is 3. The highest BCUT2D eigenvalue weighted by molar-refractivity contribution is 5.93. The van der Waals surface area contributed by atoms with Crippen molar-refractivity contribution in [3.8, 4) is 5.75 Å². The number of nitrogens with one attached hydrogen (secondary N) is 2. The van der Waals surface area contributed by atoms with Crippen LogP contribution < -0.4 is 10.6 Å². The fraction of sp³-hybridized carbons (Fsp3) is 0.500. The third-order valence-corrected chi connectivity index (χ3v) is 5.42. The van der Waals surface area contributed by atoms with Crippen LogP contribution in [0.2, 0.25) is 0 Å². The van der Waals surface area contributed by atoms with Crippen LogP contribution in [-0.4, -0.2) is 50.6 Å². The first-order valence-corrected chi connectivity index (χ1v) is 12.8. The molecule has 0 aliphatic carbocycles. The monoisotopic (exact) mass is 525 g/mol. The molecule has 8 heteroatoms. The average molecular weight is 526 g/mol. The van der Waals surface area contributed by atoms with Gasteiger partial charge in [0.25, 0.3) is 0 Å². The van der Waals surface area contributed by atoms with Gasteiger partial charge in [0.05, 0.1) is 0 Å². The molecule has 2 aromatic rings. The summed E-state index contributed by atoms with van der Waals surface area (Å²) in [5, 5.41) is 15.9. The molecular formula is C30H43N3O5. The predicted octanol–water partition coefficient (Wildman–Crippen LogP) is 5.11. The predicted molar refractivity (Wildman–Crippen MR) is 149 cm³/mol. The summed E-state index contributed by atoms with van der Waals surface area (Å²) in [6.45, 7) is 16.3. The van der Waals surface area contributed by atoms with Crippen molar-refractivity contribution in [3.05, 3.63) is 65.7 Å². The Labute approximate surface area is 226 Å². The molecule has 0 radical (unpaired) electrons. The molecule has 2 atom stereocenters. The minimum atomic E-state index is -1.08. The summed E-state index contributed by atoms with van der Waals surface area (Å²) >= 11 is 0. The molecule has 0 saturated heterocycles. The van der Waals surface area contributed by atoms with E-state index in [1.165, 1.54) is 17.0 Å². The standard InChI is InChI=1S/C30H43N3O5/c1-28(2,3)32-25(35)24(21-16-13-17-22(34)19-21)33(29(4,5)6)26(36)23(18-20-14-11-10-12-15-20)31-27(37)38-30(7,8)9/h10-17,19,23-24,34H,18H2,1-9H3,(H,31,37)(H,32,35). The van der Waals surface area contributed by atoms with Crippen LogP contribution in [0.15, 0.2) is 54.6 Å². The molecule has 0 aliphatic heterocycles. The normalized spacial score (nSPS) is 13.7. The number of benzene rings is 2. The number of hydrogen-bond acceptors (Lipinski definition) is 5. The van der Waals surface area contributed by atoms with E-state index in [9.17, 15) is 19.5 Å². The molecule has 3 amide bonds. The second-order valence-electron chi connectivity index (χ2n) is 12.5. The van der Waals surface area contributed by atoms with E-state index in [0.717, 1.165) is 5.56 Å². The Hall–Kier alpha value is -3.55. The lowest BCUT2D eigenvalue weighted by Gasteiger charge is -2.43. The Kier molecular flexibility index (Phi) is 9.59. The van der Waals surface area contributed by atoms with Gasteiger partial charge in [0.15, 0.2) is 0 Å². The first-order chi connectivity index (χ1) is 17.4. The van der Waals surface area contributed by atoms with Gasteiger partial charge in [-0.2, -0.15) is 0 Å². The lowest BCUT2D eigenvalue weighted by Crippen LogP contribution is -2.60. The first kappa shape index (κ1) is 30.7. The van der Waals surface area contributed by atoms with Crippen LogP contribution in [0, 0.1) is 0 Å². The van der Waals surface area contributed by atoms with Crippen molar-refractivity contribution in [1.29, 1.82) is 0 Å². The first-order valence-electron chi connectivity index (χ1n) is 12.8. The van der Waals surface area contributed by atoms with Crippen molar-refractivity contribution in [2.24, 2.45) is 0 Å². The lowest BCUT2D eigenvalue weighted by molar-refractivity contribution is -0.149. The molecule has 0 aliphatic rings. The van der Waals surface area contributed by atoms with Gasteiger partial charge in [0, 0.05) is 17.5 Å². The maximum absolute atomic E-state index is 14.4. The Morgan fingerprint density at radius 2 is 1.50 bits per heavy atom. The summed E-state index contributed by atoms with van der Waals surface area (Å²) in [6, 6.07) is 13.6. The van der Waals surface area contributed by atoms with E-state index in [4.69, 9.17) is 4.74 Å². The fourth-order valence-electron chi connectivity index (χ4n) is 4.06. The van der Waals surface area contributed by atoms with E-state index in [2.05, 4.69) is 10.6 Å². The highest BCUT2D eigenvalue weighted by atomic mass is 16.6.